The number of piperidine rings is 1. The lowest BCUT2D eigenvalue weighted by atomic mass is 9.97. The minimum absolute atomic E-state index is 0.0433. The summed E-state index contributed by atoms with van der Waals surface area (Å²) in [5.74, 6) is -0.310. The van der Waals surface area contributed by atoms with Crippen LogP contribution >= 0.6 is 0 Å². The lowest BCUT2D eigenvalue weighted by Gasteiger charge is -2.31. The average Bonchev–Trinajstić information content (AvgIpc) is 3.66. The van der Waals surface area contributed by atoms with Gasteiger partial charge in [0.15, 0.2) is 11.6 Å². The largest absolute Gasteiger partial charge is 0.496 e. The van der Waals surface area contributed by atoms with Crippen molar-refractivity contribution >= 4 is 11.5 Å². The van der Waals surface area contributed by atoms with Crippen molar-refractivity contribution in [3.63, 3.8) is 0 Å². The van der Waals surface area contributed by atoms with Crippen molar-refractivity contribution in [2.45, 2.75) is 31.7 Å². The molecule has 1 saturated carbocycles. The third-order valence-electron chi connectivity index (χ3n) is 7.61. The number of carbonyl (C=O) groups is 1. The standard InChI is InChI=1S/C29H27F2N5O2/c1-35-16-19(14-33-35)21-13-25(36-15-17-6-7-20(36)10-17)18(11-23(21)31)12-26(37)24-8-9-32-29(34-24)28-22(30)4-3-5-27(28)38-2/h3-5,8-9,11,13-14,16-17,20H,6-7,10,12,15H2,1-2H3/t17-,20+/m0/s1. The number of nitrogens with zero attached hydrogens (tertiary/aromatic N) is 5. The van der Waals surface area contributed by atoms with Gasteiger partial charge < -0.3 is 9.64 Å². The van der Waals surface area contributed by atoms with Crippen LogP contribution in [0.5, 0.6) is 5.75 Å². The van der Waals surface area contributed by atoms with E-state index < -0.39 is 11.6 Å². The number of Topliss-reactive ketones (excluding diaryl/α,β-unsaturated/α-hetero) is 1. The van der Waals surface area contributed by atoms with Gasteiger partial charge in [0.2, 0.25) is 0 Å². The summed E-state index contributed by atoms with van der Waals surface area (Å²) in [6, 6.07) is 9.63. The van der Waals surface area contributed by atoms with Crippen LogP contribution in [0, 0.1) is 17.6 Å². The van der Waals surface area contributed by atoms with Crippen molar-refractivity contribution in [3.05, 3.63) is 77.9 Å². The van der Waals surface area contributed by atoms with Crippen LogP contribution in [0.15, 0.2) is 55.0 Å². The van der Waals surface area contributed by atoms with E-state index in [2.05, 4.69) is 20.0 Å². The van der Waals surface area contributed by atoms with Gasteiger partial charge in [0.05, 0.1) is 18.9 Å². The predicted octanol–water partition coefficient (Wildman–Crippen LogP) is 5.25. The molecule has 2 bridgehead atoms. The Kier molecular flexibility index (Phi) is 6.13. The molecule has 2 aliphatic rings. The maximum absolute atomic E-state index is 15.4. The Bertz CT molecular complexity index is 1540. The molecule has 1 aliphatic heterocycles. The third-order valence-corrected chi connectivity index (χ3v) is 7.61. The summed E-state index contributed by atoms with van der Waals surface area (Å²) < 4.78 is 37.0. The number of ketones is 1. The molecule has 0 N–H and O–H groups in total. The van der Waals surface area contributed by atoms with Gasteiger partial charge in [0, 0.05) is 55.3 Å². The zero-order valence-corrected chi connectivity index (χ0v) is 21.2. The molecule has 3 heterocycles. The van der Waals surface area contributed by atoms with Crippen molar-refractivity contribution < 1.29 is 18.3 Å². The van der Waals surface area contributed by atoms with Crippen molar-refractivity contribution in [2.75, 3.05) is 18.6 Å². The molecule has 2 fully saturated rings. The SMILES string of the molecule is COc1cccc(F)c1-c1nccc(C(=O)Cc2cc(F)c(-c3cnn(C)c3)cc2N2C[C@H]3CC[C@@H]2C3)n1. The molecule has 2 aromatic heterocycles. The molecule has 0 radical (unpaired) electrons. The second-order valence-electron chi connectivity index (χ2n) is 10.0. The van der Waals surface area contributed by atoms with Crippen LogP contribution < -0.4 is 9.64 Å². The van der Waals surface area contributed by atoms with Gasteiger partial charge in [0.25, 0.3) is 0 Å². The first-order valence-electron chi connectivity index (χ1n) is 12.7. The van der Waals surface area contributed by atoms with Gasteiger partial charge in [-0.3, -0.25) is 9.48 Å². The molecule has 2 atom stereocenters. The zero-order chi connectivity index (χ0) is 26.4. The van der Waals surface area contributed by atoms with Crippen LogP contribution in [0.25, 0.3) is 22.5 Å². The number of halogens is 2. The highest BCUT2D eigenvalue weighted by Gasteiger charge is 2.39. The van der Waals surface area contributed by atoms with E-state index in [9.17, 15) is 9.18 Å². The molecule has 0 amide bonds. The number of anilines is 1. The van der Waals surface area contributed by atoms with Gasteiger partial charge in [-0.15, -0.1) is 0 Å². The molecule has 6 rings (SSSR count). The molecule has 7 nitrogen and oxygen atoms in total. The number of hydrogen-bond donors (Lipinski definition) is 0. The molecule has 0 spiro atoms. The smallest absolute Gasteiger partial charge is 0.185 e. The number of hydrogen-bond acceptors (Lipinski definition) is 6. The van der Waals surface area contributed by atoms with Gasteiger partial charge in [-0.1, -0.05) is 6.07 Å². The van der Waals surface area contributed by atoms with Gasteiger partial charge >= 0.3 is 0 Å². The molecule has 9 heteroatoms. The summed E-state index contributed by atoms with van der Waals surface area (Å²) in [5, 5.41) is 4.19. The molecular formula is C29H27F2N5O2. The summed E-state index contributed by atoms with van der Waals surface area (Å²) in [6.07, 6.45) is 8.22. The summed E-state index contributed by atoms with van der Waals surface area (Å²) in [7, 11) is 3.23. The van der Waals surface area contributed by atoms with Crippen molar-refractivity contribution in [3.8, 4) is 28.3 Å². The Morgan fingerprint density at radius 1 is 1.16 bits per heavy atom. The fraction of sp³-hybridized carbons (Fsp3) is 0.310. The molecule has 4 aromatic rings. The van der Waals surface area contributed by atoms with Crippen molar-refractivity contribution in [1.29, 1.82) is 0 Å². The van der Waals surface area contributed by atoms with E-state index in [0.717, 1.165) is 25.1 Å². The van der Waals surface area contributed by atoms with E-state index >= 15 is 4.39 Å². The highest BCUT2D eigenvalue weighted by molar-refractivity contribution is 5.97. The lowest BCUT2D eigenvalue weighted by Crippen LogP contribution is -2.33. The van der Waals surface area contributed by atoms with E-state index in [0.29, 0.717) is 28.7 Å². The van der Waals surface area contributed by atoms with Crippen LogP contribution in [0.2, 0.25) is 0 Å². The molecular weight excluding hydrogens is 488 g/mol. The number of benzene rings is 2. The Labute approximate surface area is 219 Å². The average molecular weight is 516 g/mol. The summed E-state index contributed by atoms with van der Waals surface area (Å²) >= 11 is 0. The quantitative estimate of drug-likeness (QED) is 0.313. The number of aromatic nitrogens is 4. The maximum atomic E-state index is 15.4. The maximum Gasteiger partial charge on any atom is 0.185 e. The number of carbonyl (C=O) groups excluding carboxylic acids is 1. The topological polar surface area (TPSA) is 73.1 Å². The van der Waals surface area contributed by atoms with E-state index in [1.165, 1.54) is 44.0 Å². The number of aryl methyl sites for hydroxylation is 1. The predicted molar refractivity (Wildman–Crippen MR) is 139 cm³/mol. The first-order chi connectivity index (χ1) is 18.4. The number of ether oxygens (including phenoxy) is 1. The molecule has 1 saturated heterocycles. The van der Waals surface area contributed by atoms with Crippen molar-refractivity contribution in [2.24, 2.45) is 13.0 Å². The number of methoxy groups -OCH3 is 1. The van der Waals surface area contributed by atoms with Crippen LogP contribution in [0.3, 0.4) is 0 Å². The molecule has 194 valence electrons. The van der Waals surface area contributed by atoms with Gasteiger partial charge in [0.1, 0.15) is 23.1 Å². The molecule has 2 aromatic carbocycles. The highest BCUT2D eigenvalue weighted by atomic mass is 19.1. The summed E-state index contributed by atoms with van der Waals surface area (Å²) in [4.78, 5) is 24.3. The fourth-order valence-electron chi connectivity index (χ4n) is 5.80. The van der Waals surface area contributed by atoms with E-state index in [1.807, 2.05) is 6.07 Å². The second-order valence-corrected chi connectivity index (χ2v) is 10.0. The Morgan fingerprint density at radius 3 is 2.74 bits per heavy atom. The van der Waals surface area contributed by atoms with Gasteiger partial charge in [-0.05, 0) is 61.1 Å². The fourth-order valence-corrected chi connectivity index (χ4v) is 5.80. The second kappa shape index (κ2) is 9.63. The van der Waals surface area contributed by atoms with E-state index in [4.69, 9.17) is 4.74 Å². The first-order valence-corrected chi connectivity index (χ1v) is 12.7. The van der Waals surface area contributed by atoms with Crippen LogP contribution in [-0.4, -0.2) is 45.2 Å². The van der Waals surface area contributed by atoms with Crippen LogP contribution in [0.1, 0.15) is 35.3 Å². The van der Waals surface area contributed by atoms with Gasteiger partial charge in [-0.2, -0.15) is 5.10 Å². The van der Waals surface area contributed by atoms with Crippen LogP contribution in [0.4, 0.5) is 14.5 Å². The number of fused-ring (bicyclic) bond motifs is 2. The van der Waals surface area contributed by atoms with E-state index in [-0.39, 0.29) is 35.0 Å². The third kappa shape index (κ3) is 4.31. The molecule has 38 heavy (non-hydrogen) atoms. The van der Waals surface area contributed by atoms with Crippen molar-refractivity contribution in [1.82, 2.24) is 19.7 Å². The Hall–Kier alpha value is -4.14. The first kappa shape index (κ1) is 24.2. The molecule has 0 unspecified atom stereocenters. The summed E-state index contributed by atoms with van der Waals surface area (Å²) in [5.41, 5.74) is 2.85. The number of rotatable bonds is 7. The van der Waals surface area contributed by atoms with E-state index in [1.54, 1.807) is 30.2 Å². The minimum atomic E-state index is -0.548. The Balaban J connectivity index is 1.36. The zero-order valence-electron chi connectivity index (χ0n) is 21.2. The van der Waals surface area contributed by atoms with Crippen LogP contribution in [-0.2, 0) is 13.5 Å². The van der Waals surface area contributed by atoms with Gasteiger partial charge in [-0.25, -0.2) is 18.7 Å². The normalized spacial score (nSPS) is 18.3. The summed E-state index contributed by atoms with van der Waals surface area (Å²) in [6.45, 7) is 0.898. The minimum Gasteiger partial charge on any atom is -0.496 e. The monoisotopic (exact) mass is 515 g/mol. The lowest BCUT2D eigenvalue weighted by molar-refractivity contribution is 0.0988. The molecule has 1 aliphatic carbocycles. The Morgan fingerprint density at radius 2 is 2.03 bits per heavy atom. The highest BCUT2D eigenvalue weighted by Crippen LogP contribution is 2.43.